The summed E-state index contributed by atoms with van der Waals surface area (Å²) in [6.07, 6.45) is 1.80. The average molecular weight is 248 g/mol. The summed E-state index contributed by atoms with van der Waals surface area (Å²) < 4.78 is 5.23. The Balaban J connectivity index is 1.80. The molecule has 4 heteroatoms. The number of carbonyl (C=O) groups excluding carboxylic acids is 1. The van der Waals surface area contributed by atoms with Gasteiger partial charge in [-0.25, -0.2) is 4.79 Å². The van der Waals surface area contributed by atoms with E-state index in [1.165, 1.54) is 5.56 Å². The Morgan fingerprint density at radius 3 is 3.11 bits per heavy atom. The zero-order valence-corrected chi connectivity index (χ0v) is 10.8. The molecule has 0 aliphatic carbocycles. The smallest absolute Gasteiger partial charge is 0.321 e. The molecule has 1 N–H and O–H groups in total. The lowest BCUT2D eigenvalue weighted by molar-refractivity contribution is 0.145. The number of nitrogens with one attached hydrogen (secondary N) is 1. The van der Waals surface area contributed by atoms with Crippen LogP contribution in [0.4, 0.5) is 10.5 Å². The second kappa shape index (κ2) is 6.40. The Morgan fingerprint density at radius 2 is 2.28 bits per heavy atom. The van der Waals surface area contributed by atoms with Gasteiger partial charge < -0.3 is 10.1 Å². The van der Waals surface area contributed by atoms with Crippen LogP contribution in [0.2, 0.25) is 0 Å². The number of anilines is 1. The fourth-order valence-electron chi connectivity index (χ4n) is 2.16. The van der Waals surface area contributed by atoms with Gasteiger partial charge in [0.15, 0.2) is 0 Å². The Hall–Kier alpha value is -1.55. The molecule has 0 atom stereocenters. The predicted molar refractivity (Wildman–Crippen MR) is 72.0 cm³/mol. The molecule has 0 saturated heterocycles. The van der Waals surface area contributed by atoms with Crippen LogP contribution < -0.4 is 10.2 Å². The molecule has 18 heavy (non-hydrogen) atoms. The largest absolute Gasteiger partial charge is 0.382 e. The number of fused-ring (bicyclic) bond motifs is 1. The fraction of sp³-hybridized carbons (Fsp3) is 0.500. The van der Waals surface area contributed by atoms with E-state index >= 15 is 0 Å². The van der Waals surface area contributed by atoms with Crippen LogP contribution >= 0.6 is 0 Å². The van der Waals surface area contributed by atoms with E-state index in [9.17, 15) is 4.79 Å². The second-order valence-electron chi connectivity index (χ2n) is 4.31. The number of hydrogen-bond acceptors (Lipinski definition) is 2. The number of carbonyl (C=O) groups is 1. The molecule has 1 aliphatic heterocycles. The van der Waals surface area contributed by atoms with Crippen LogP contribution in [0.3, 0.4) is 0 Å². The van der Waals surface area contributed by atoms with E-state index in [1.54, 1.807) is 0 Å². The highest BCUT2D eigenvalue weighted by Gasteiger charge is 2.23. The molecule has 0 unspecified atom stereocenters. The van der Waals surface area contributed by atoms with Crippen LogP contribution in [0.1, 0.15) is 18.9 Å². The molecule has 0 saturated carbocycles. The van der Waals surface area contributed by atoms with Crippen molar-refractivity contribution in [3.05, 3.63) is 29.8 Å². The number of amides is 2. The number of para-hydroxylation sites is 1. The lowest BCUT2D eigenvalue weighted by Gasteiger charge is -2.18. The van der Waals surface area contributed by atoms with Crippen molar-refractivity contribution in [2.24, 2.45) is 0 Å². The Labute approximate surface area is 108 Å². The molecule has 0 fully saturated rings. The molecular formula is C14H20N2O2. The maximum absolute atomic E-state index is 12.0. The van der Waals surface area contributed by atoms with Crippen LogP contribution in [0.15, 0.2) is 24.3 Å². The molecule has 2 amide bonds. The van der Waals surface area contributed by atoms with Gasteiger partial charge in [0, 0.05) is 32.0 Å². The van der Waals surface area contributed by atoms with Gasteiger partial charge in [-0.2, -0.15) is 0 Å². The standard InChI is InChI=1S/C14H20N2O2/c1-2-18-11-5-9-15-14(17)16-10-8-12-6-3-4-7-13(12)16/h3-4,6-7H,2,5,8-11H2,1H3,(H,15,17). The van der Waals surface area contributed by atoms with Crippen LogP contribution in [-0.2, 0) is 11.2 Å². The maximum Gasteiger partial charge on any atom is 0.321 e. The molecule has 0 radical (unpaired) electrons. The van der Waals surface area contributed by atoms with Crippen LogP contribution in [-0.4, -0.2) is 32.3 Å². The van der Waals surface area contributed by atoms with Gasteiger partial charge in [0.25, 0.3) is 0 Å². The van der Waals surface area contributed by atoms with Gasteiger partial charge in [-0.1, -0.05) is 18.2 Å². The molecule has 2 rings (SSSR count). The summed E-state index contributed by atoms with van der Waals surface area (Å²) in [6.45, 7) is 4.84. The molecule has 98 valence electrons. The maximum atomic E-state index is 12.0. The minimum atomic E-state index is -0.00329. The predicted octanol–water partition coefficient (Wildman–Crippen LogP) is 2.19. The fourth-order valence-corrected chi connectivity index (χ4v) is 2.16. The van der Waals surface area contributed by atoms with Crippen molar-refractivity contribution >= 4 is 11.7 Å². The quantitative estimate of drug-likeness (QED) is 0.811. The highest BCUT2D eigenvalue weighted by atomic mass is 16.5. The van der Waals surface area contributed by atoms with Crippen molar-refractivity contribution in [1.82, 2.24) is 5.32 Å². The van der Waals surface area contributed by atoms with Gasteiger partial charge in [-0.3, -0.25) is 4.90 Å². The topological polar surface area (TPSA) is 41.6 Å². The average Bonchev–Trinajstić information content (AvgIpc) is 2.82. The molecule has 4 nitrogen and oxygen atoms in total. The van der Waals surface area contributed by atoms with E-state index in [0.717, 1.165) is 31.7 Å². The summed E-state index contributed by atoms with van der Waals surface area (Å²) >= 11 is 0. The van der Waals surface area contributed by atoms with E-state index < -0.39 is 0 Å². The monoisotopic (exact) mass is 248 g/mol. The van der Waals surface area contributed by atoms with Crippen LogP contribution in [0, 0.1) is 0 Å². The first kappa shape index (κ1) is 12.9. The summed E-state index contributed by atoms with van der Waals surface area (Å²) in [7, 11) is 0. The first-order valence-corrected chi connectivity index (χ1v) is 6.54. The van der Waals surface area contributed by atoms with Crippen molar-refractivity contribution in [3.8, 4) is 0 Å². The third kappa shape index (κ3) is 3.01. The van der Waals surface area contributed by atoms with E-state index in [4.69, 9.17) is 4.74 Å². The van der Waals surface area contributed by atoms with E-state index in [1.807, 2.05) is 30.0 Å². The first-order valence-electron chi connectivity index (χ1n) is 6.54. The van der Waals surface area contributed by atoms with Crippen LogP contribution in [0.5, 0.6) is 0 Å². The van der Waals surface area contributed by atoms with Gasteiger partial charge in [0.05, 0.1) is 0 Å². The molecular weight excluding hydrogens is 228 g/mol. The van der Waals surface area contributed by atoms with Crippen molar-refractivity contribution in [1.29, 1.82) is 0 Å². The van der Waals surface area contributed by atoms with Gasteiger partial charge in [0.1, 0.15) is 0 Å². The molecule has 1 heterocycles. The van der Waals surface area contributed by atoms with Gasteiger partial charge in [0.2, 0.25) is 0 Å². The van der Waals surface area contributed by atoms with Crippen molar-refractivity contribution in [2.75, 3.05) is 31.2 Å². The van der Waals surface area contributed by atoms with Gasteiger partial charge in [-0.15, -0.1) is 0 Å². The van der Waals surface area contributed by atoms with E-state index in [-0.39, 0.29) is 6.03 Å². The van der Waals surface area contributed by atoms with Crippen molar-refractivity contribution in [3.63, 3.8) is 0 Å². The number of hydrogen-bond donors (Lipinski definition) is 1. The third-order valence-corrected chi connectivity index (χ3v) is 3.08. The molecule has 0 aromatic heterocycles. The number of urea groups is 1. The zero-order valence-electron chi connectivity index (χ0n) is 10.8. The SMILES string of the molecule is CCOCCCNC(=O)N1CCc2ccccc21. The Kier molecular flexibility index (Phi) is 4.59. The molecule has 1 aromatic carbocycles. The lowest BCUT2D eigenvalue weighted by Crippen LogP contribution is -2.39. The summed E-state index contributed by atoms with van der Waals surface area (Å²) in [6, 6.07) is 8.07. The number of benzene rings is 1. The lowest BCUT2D eigenvalue weighted by atomic mass is 10.2. The van der Waals surface area contributed by atoms with Crippen molar-refractivity contribution < 1.29 is 9.53 Å². The number of nitrogens with zero attached hydrogens (tertiary/aromatic N) is 1. The summed E-state index contributed by atoms with van der Waals surface area (Å²) in [5.74, 6) is 0. The number of ether oxygens (including phenoxy) is 1. The van der Waals surface area contributed by atoms with Gasteiger partial charge >= 0.3 is 6.03 Å². The minimum Gasteiger partial charge on any atom is -0.382 e. The molecule has 0 bridgehead atoms. The minimum absolute atomic E-state index is 0.00329. The summed E-state index contributed by atoms with van der Waals surface area (Å²) in [4.78, 5) is 13.8. The number of rotatable bonds is 5. The molecule has 1 aliphatic rings. The normalized spacial score (nSPS) is 13.5. The highest BCUT2D eigenvalue weighted by Crippen LogP contribution is 2.27. The highest BCUT2D eigenvalue weighted by molar-refractivity contribution is 5.94. The summed E-state index contributed by atoms with van der Waals surface area (Å²) in [5.41, 5.74) is 2.29. The van der Waals surface area contributed by atoms with Crippen LogP contribution in [0.25, 0.3) is 0 Å². The van der Waals surface area contributed by atoms with E-state index in [2.05, 4.69) is 11.4 Å². The van der Waals surface area contributed by atoms with Gasteiger partial charge in [-0.05, 0) is 31.4 Å². The second-order valence-corrected chi connectivity index (χ2v) is 4.31. The first-order chi connectivity index (χ1) is 8.83. The molecule has 0 spiro atoms. The molecule has 1 aromatic rings. The summed E-state index contributed by atoms with van der Waals surface area (Å²) in [5, 5.41) is 2.93. The Morgan fingerprint density at radius 1 is 1.44 bits per heavy atom. The zero-order chi connectivity index (χ0) is 12.8. The van der Waals surface area contributed by atoms with E-state index in [0.29, 0.717) is 13.2 Å². The Bertz CT molecular complexity index is 407. The third-order valence-electron chi connectivity index (χ3n) is 3.08. The van der Waals surface area contributed by atoms with Crippen molar-refractivity contribution in [2.45, 2.75) is 19.8 Å².